The summed E-state index contributed by atoms with van der Waals surface area (Å²) < 4.78 is 0. The zero-order chi connectivity index (χ0) is 13.1. The molecule has 0 spiro atoms. The highest BCUT2D eigenvalue weighted by molar-refractivity contribution is 7.80. The fourth-order valence-electron chi connectivity index (χ4n) is 1.28. The highest BCUT2D eigenvalue weighted by atomic mass is 32.1. The SMILES string of the molecule is CCc1ccsc1C(=O)NCC(C)(C)C(N)=S. The van der Waals surface area contributed by atoms with Crippen LogP contribution in [0.1, 0.15) is 36.0 Å². The van der Waals surface area contributed by atoms with E-state index in [1.54, 1.807) is 0 Å². The van der Waals surface area contributed by atoms with Gasteiger partial charge in [-0.2, -0.15) is 0 Å². The van der Waals surface area contributed by atoms with Gasteiger partial charge in [0.1, 0.15) is 0 Å². The summed E-state index contributed by atoms with van der Waals surface area (Å²) in [6.07, 6.45) is 0.866. The van der Waals surface area contributed by atoms with E-state index in [1.807, 2.05) is 32.2 Å². The van der Waals surface area contributed by atoms with Gasteiger partial charge in [0.2, 0.25) is 0 Å². The fourth-order valence-corrected chi connectivity index (χ4v) is 2.27. The number of carbonyl (C=O) groups is 1. The van der Waals surface area contributed by atoms with Crippen molar-refractivity contribution in [2.75, 3.05) is 6.54 Å². The van der Waals surface area contributed by atoms with Gasteiger partial charge < -0.3 is 11.1 Å². The smallest absolute Gasteiger partial charge is 0.261 e. The first kappa shape index (κ1) is 14.1. The summed E-state index contributed by atoms with van der Waals surface area (Å²) in [5.74, 6) is -0.0406. The Hall–Kier alpha value is -0.940. The van der Waals surface area contributed by atoms with Crippen LogP contribution in [0.25, 0.3) is 0 Å². The van der Waals surface area contributed by atoms with Gasteiger partial charge in [-0.1, -0.05) is 33.0 Å². The maximum absolute atomic E-state index is 12.0. The van der Waals surface area contributed by atoms with E-state index in [0.29, 0.717) is 11.5 Å². The molecule has 0 aromatic carbocycles. The van der Waals surface area contributed by atoms with Crippen LogP contribution in [-0.2, 0) is 6.42 Å². The van der Waals surface area contributed by atoms with E-state index in [4.69, 9.17) is 18.0 Å². The molecule has 0 radical (unpaired) electrons. The summed E-state index contributed by atoms with van der Waals surface area (Å²) in [6, 6.07) is 1.98. The van der Waals surface area contributed by atoms with Crippen LogP contribution >= 0.6 is 23.6 Å². The number of carbonyl (C=O) groups excluding carboxylic acids is 1. The second kappa shape index (κ2) is 5.60. The largest absolute Gasteiger partial charge is 0.393 e. The Labute approximate surface area is 111 Å². The average molecular weight is 270 g/mol. The lowest BCUT2D eigenvalue weighted by Crippen LogP contribution is -2.41. The molecule has 0 saturated carbocycles. The van der Waals surface area contributed by atoms with Crippen molar-refractivity contribution >= 4 is 34.5 Å². The van der Waals surface area contributed by atoms with Gasteiger partial charge in [0.05, 0.1) is 9.87 Å². The molecule has 0 fully saturated rings. The molecule has 0 unspecified atom stereocenters. The van der Waals surface area contributed by atoms with Gasteiger partial charge in [0.15, 0.2) is 0 Å². The lowest BCUT2D eigenvalue weighted by atomic mass is 9.93. The molecule has 1 heterocycles. The number of aryl methyl sites for hydroxylation is 1. The number of nitrogens with one attached hydrogen (secondary N) is 1. The maximum atomic E-state index is 12.0. The quantitative estimate of drug-likeness (QED) is 0.808. The van der Waals surface area contributed by atoms with Gasteiger partial charge in [0, 0.05) is 12.0 Å². The molecule has 0 saturated heterocycles. The van der Waals surface area contributed by atoms with Crippen molar-refractivity contribution in [2.45, 2.75) is 27.2 Å². The number of thiocarbonyl (C=S) groups is 1. The Morgan fingerprint density at radius 1 is 1.59 bits per heavy atom. The summed E-state index contributed by atoms with van der Waals surface area (Å²) in [5, 5.41) is 4.82. The van der Waals surface area contributed by atoms with Crippen molar-refractivity contribution in [1.29, 1.82) is 0 Å². The molecule has 3 N–H and O–H groups in total. The third kappa shape index (κ3) is 3.51. The van der Waals surface area contributed by atoms with Crippen molar-refractivity contribution in [2.24, 2.45) is 11.1 Å². The molecule has 0 aliphatic heterocycles. The van der Waals surface area contributed by atoms with Crippen LogP contribution in [0.15, 0.2) is 11.4 Å². The van der Waals surface area contributed by atoms with Crippen LogP contribution in [0.4, 0.5) is 0 Å². The number of hydrogen-bond donors (Lipinski definition) is 2. The van der Waals surface area contributed by atoms with Gasteiger partial charge in [-0.05, 0) is 23.4 Å². The van der Waals surface area contributed by atoms with E-state index in [9.17, 15) is 4.79 Å². The first-order chi connectivity index (χ1) is 7.88. The first-order valence-corrected chi connectivity index (χ1v) is 6.81. The van der Waals surface area contributed by atoms with Crippen molar-refractivity contribution < 1.29 is 4.79 Å². The molecule has 0 aliphatic carbocycles. The topological polar surface area (TPSA) is 55.1 Å². The minimum absolute atomic E-state index is 0.0406. The van der Waals surface area contributed by atoms with E-state index in [2.05, 4.69) is 5.32 Å². The van der Waals surface area contributed by atoms with Gasteiger partial charge in [0.25, 0.3) is 5.91 Å². The number of amides is 1. The van der Waals surface area contributed by atoms with Gasteiger partial charge >= 0.3 is 0 Å². The van der Waals surface area contributed by atoms with Gasteiger partial charge in [-0.15, -0.1) is 11.3 Å². The maximum Gasteiger partial charge on any atom is 0.261 e. The Morgan fingerprint density at radius 2 is 2.24 bits per heavy atom. The number of thiophene rings is 1. The molecule has 0 atom stereocenters. The van der Waals surface area contributed by atoms with Crippen molar-refractivity contribution in [3.05, 3.63) is 21.9 Å². The number of nitrogens with two attached hydrogens (primary N) is 1. The van der Waals surface area contributed by atoms with Crippen LogP contribution in [0.2, 0.25) is 0 Å². The normalized spacial score (nSPS) is 11.2. The van der Waals surface area contributed by atoms with Crippen LogP contribution in [0.5, 0.6) is 0 Å². The van der Waals surface area contributed by atoms with Crippen LogP contribution < -0.4 is 11.1 Å². The molecular weight excluding hydrogens is 252 g/mol. The minimum atomic E-state index is -0.353. The third-order valence-corrected chi connectivity index (χ3v) is 4.20. The zero-order valence-electron chi connectivity index (χ0n) is 10.4. The predicted octanol–water partition coefficient (Wildman–Crippen LogP) is 2.35. The molecule has 17 heavy (non-hydrogen) atoms. The van der Waals surface area contributed by atoms with E-state index in [1.165, 1.54) is 11.3 Å². The van der Waals surface area contributed by atoms with E-state index in [-0.39, 0.29) is 11.3 Å². The molecule has 5 heteroatoms. The minimum Gasteiger partial charge on any atom is -0.393 e. The van der Waals surface area contributed by atoms with Crippen LogP contribution in [0.3, 0.4) is 0 Å². The second-order valence-electron chi connectivity index (χ2n) is 4.56. The monoisotopic (exact) mass is 270 g/mol. The molecule has 94 valence electrons. The summed E-state index contributed by atoms with van der Waals surface area (Å²) in [6.45, 7) is 6.34. The average Bonchev–Trinajstić information content (AvgIpc) is 2.73. The molecule has 1 rings (SSSR count). The Balaban J connectivity index is 2.65. The van der Waals surface area contributed by atoms with E-state index >= 15 is 0 Å². The van der Waals surface area contributed by atoms with Gasteiger partial charge in [-0.3, -0.25) is 4.79 Å². The molecule has 1 amide bonds. The van der Waals surface area contributed by atoms with Gasteiger partial charge in [-0.25, -0.2) is 0 Å². The highest BCUT2D eigenvalue weighted by Gasteiger charge is 2.23. The van der Waals surface area contributed by atoms with Crippen molar-refractivity contribution in [3.8, 4) is 0 Å². The summed E-state index contributed by atoms with van der Waals surface area (Å²) >= 11 is 6.43. The number of hydrogen-bond acceptors (Lipinski definition) is 3. The summed E-state index contributed by atoms with van der Waals surface area (Å²) in [4.78, 5) is 13.2. The van der Waals surface area contributed by atoms with E-state index < -0.39 is 0 Å². The predicted molar refractivity (Wildman–Crippen MR) is 76.6 cm³/mol. The second-order valence-corrected chi connectivity index (χ2v) is 5.92. The lowest BCUT2D eigenvalue weighted by molar-refractivity contribution is 0.0948. The van der Waals surface area contributed by atoms with E-state index in [0.717, 1.165) is 16.9 Å². The summed E-state index contributed by atoms with van der Waals surface area (Å²) in [7, 11) is 0. The van der Waals surface area contributed by atoms with Crippen molar-refractivity contribution in [3.63, 3.8) is 0 Å². The zero-order valence-corrected chi connectivity index (χ0v) is 12.0. The Bertz CT molecular complexity index is 424. The third-order valence-electron chi connectivity index (χ3n) is 2.69. The number of rotatable bonds is 5. The van der Waals surface area contributed by atoms with Crippen LogP contribution in [-0.4, -0.2) is 17.4 Å². The fraction of sp³-hybridized carbons (Fsp3) is 0.500. The lowest BCUT2D eigenvalue weighted by Gasteiger charge is -2.23. The first-order valence-electron chi connectivity index (χ1n) is 5.53. The molecule has 1 aromatic heterocycles. The Morgan fingerprint density at radius 3 is 2.76 bits per heavy atom. The highest BCUT2D eigenvalue weighted by Crippen LogP contribution is 2.18. The Kier molecular flexibility index (Phi) is 4.65. The molecule has 1 aromatic rings. The molecular formula is C12H18N2OS2. The summed E-state index contributed by atoms with van der Waals surface area (Å²) in [5.41, 5.74) is 6.35. The standard InChI is InChI=1S/C12H18N2OS2/c1-4-8-5-6-17-9(8)10(15)14-7-12(2,3)11(13)16/h5-6H,4,7H2,1-3H3,(H2,13,16)(H,14,15). The molecule has 0 bridgehead atoms. The van der Waals surface area contributed by atoms with Crippen LogP contribution in [0, 0.1) is 5.41 Å². The molecule has 3 nitrogen and oxygen atoms in total. The molecule has 0 aliphatic rings. The van der Waals surface area contributed by atoms with Crippen molar-refractivity contribution in [1.82, 2.24) is 5.32 Å².